The molecule has 27 heavy (non-hydrogen) atoms. The summed E-state index contributed by atoms with van der Waals surface area (Å²) < 4.78 is 42.5. The van der Waals surface area contributed by atoms with Crippen LogP contribution in [0.5, 0.6) is 0 Å². The Hall–Kier alpha value is -3.07. The number of carbonyl (C=O) groups is 1. The molecule has 1 aromatic heterocycles. The Morgan fingerprint density at radius 2 is 1.67 bits per heavy atom. The molecule has 2 aromatic carbocycles. The van der Waals surface area contributed by atoms with Gasteiger partial charge in [-0.15, -0.1) is 5.10 Å². The number of amides is 1. The number of nitrogens with zero attached hydrogens (tertiary/aromatic N) is 2. The van der Waals surface area contributed by atoms with Crippen LogP contribution in [0.4, 0.5) is 10.4 Å². The van der Waals surface area contributed by atoms with E-state index in [0.29, 0.717) is 5.56 Å². The average molecular weight is 389 g/mol. The van der Waals surface area contributed by atoms with Gasteiger partial charge < -0.3 is 4.42 Å². The van der Waals surface area contributed by atoms with Crippen molar-refractivity contribution in [2.24, 2.45) is 0 Å². The molecule has 0 aliphatic carbocycles. The van der Waals surface area contributed by atoms with E-state index >= 15 is 0 Å². The standard InChI is InChI=1S/C18H16FN3O4S/c1-11(2)27(24,25)15-9-5-12(6-10-15)16(23)20-18-22-21-17(26-18)13-3-7-14(19)8-4-13/h3-11H,1-2H3,(H,20,22,23). The van der Waals surface area contributed by atoms with Crippen LogP contribution < -0.4 is 5.32 Å². The molecule has 0 aliphatic rings. The minimum Gasteiger partial charge on any atom is -0.403 e. The molecular weight excluding hydrogens is 373 g/mol. The van der Waals surface area contributed by atoms with Crippen LogP contribution in [0.15, 0.2) is 57.8 Å². The molecule has 140 valence electrons. The van der Waals surface area contributed by atoms with E-state index in [1.165, 1.54) is 48.5 Å². The second-order valence-corrected chi connectivity index (χ2v) is 8.50. The van der Waals surface area contributed by atoms with Gasteiger partial charge in [0.2, 0.25) is 5.89 Å². The van der Waals surface area contributed by atoms with E-state index in [1.54, 1.807) is 13.8 Å². The fraction of sp³-hybridized carbons (Fsp3) is 0.167. The van der Waals surface area contributed by atoms with Crippen LogP contribution in [0.25, 0.3) is 11.5 Å². The predicted molar refractivity (Wildman–Crippen MR) is 96.4 cm³/mol. The predicted octanol–water partition coefficient (Wildman–Crippen LogP) is 3.31. The average Bonchev–Trinajstić information content (AvgIpc) is 3.10. The minimum absolute atomic E-state index is 0.127. The van der Waals surface area contributed by atoms with Gasteiger partial charge in [0, 0.05) is 11.1 Å². The topological polar surface area (TPSA) is 102 Å². The van der Waals surface area contributed by atoms with Crippen LogP contribution in [0, 0.1) is 5.82 Å². The number of sulfone groups is 1. The zero-order valence-corrected chi connectivity index (χ0v) is 15.3. The van der Waals surface area contributed by atoms with Crippen LogP contribution in [0.1, 0.15) is 24.2 Å². The molecule has 0 saturated carbocycles. The van der Waals surface area contributed by atoms with E-state index in [0.717, 1.165) is 0 Å². The smallest absolute Gasteiger partial charge is 0.322 e. The van der Waals surface area contributed by atoms with Gasteiger partial charge in [-0.2, -0.15) is 0 Å². The van der Waals surface area contributed by atoms with E-state index in [2.05, 4.69) is 15.5 Å². The number of hydrogen-bond donors (Lipinski definition) is 1. The summed E-state index contributed by atoms with van der Waals surface area (Å²) in [6.07, 6.45) is 0. The van der Waals surface area contributed by atoms with E-state index in [-0.39, 0.29) is 22.4 Å². The lowest BCUT2D eigenvalue weighted by Crippen LogP contribution is -2.15. The number of carbonyl (C=O) groups excluding carboxylic acids is 1. The first-order valence-electron chi connectivity index (χ1n) is 8.02. The third-order valence-corrected chi connectivity index (χ3v) is 5.97. The quantitative estimate of drug-likeness (QED) is 0.718. The highest BCUT2D eigenvalue weighted by Gasteiger charge is 2.20. The largest absolute Gasteiger partial charge is 0.403 e. The number of nitrogens with one attached hydrogen (secondary N) is 1. The molecule has 3 aromatic rings. The fourth-order valence-corrected chi connectivity index (χ4v) is 3.28. The summed E-state index contributed by atoms with van der Waals surface area (Å²) >= 11 is 0. The van der Waals surface area contributed by atoms with Crippen LogP contribution in [-0.2, 0) is 9.84 Å². The molecule has 0 bridgehead atoms. The van der Waals surface area contributed by atoms with Gasteiger partial charge in [0.25, 0.3) is 5.91 Å². The molecule has 7 nitrogen and oxygen atoms in total. The Balaban J connectivity index is 1.73. The molecule has 0 radical (unpaired) electrons. The zero-order chi connectivity index (χ0) is 19.6. The van der Waals surface area contributed by atoms with Crippen molar-refractivity contribution in [1.82, 2.24) is 10.2 Å². The summed E-state index contributed by atoms with van der Waals surface area (Å²) in [7, 11) is -3.41. The summed E-state index contributed by atoms with van der Waals surface area (Å²) in [4.78, 5) is 12.4. The maximum absolute atomic E-state index is 13.0. The summed E-state index contributed by atoms with van der Waals surface area (Å²) in [5.74, 6) is -0.795. The van der Waals surface area contributed by atoms with Crippen LogP contribution >= 0.6 is 0 Å². The first-order chi connectivity index (χ1) is 12.8. The lowest BCUT2D eigenvalue weighted by molar-refractivity contribution is 0.102. The van der Waals surface area contributed by atoms with Crippen molar-refractivity contribution < 1.29 is 22.0 Å². The molecule has 0 aliphatic heterocycles. The molecule has 1 amide bonds. The Morgan fingerprint density at radius 1 is 1.04 bits per heavy atom. The first kappa shape index (κ1) is 18.7. The minimum atomic E-state index is -3.41. The van der Waals surface area contributed by atoms with Crippen molar-refractivity contribution in [3.8, 4) is 11.5 Å². The van der Waals surface area contributed by atoms with Crippen molar-refractivity contribution in [3.63, 3.8) is 0 Å². The normalized spacial score (nSPS) is 11.6. The molecule has 0 unspecified atom stereocenters. The SMILES string of the molecule is CC(C)S(=O)(=O)c1ccc(C(=O)Nc2nnc(-c3ccc(F)cc3)o2)cc1. The monoisotopic (exact) mass is 389 g/mol. The van der Waals surface area contributed by atoms with E-state index in [1.807, 2.05) is 0 Å². The lowest BCUT2D eigenvalue weighted by Gasteiger charge is -2.08. The van der Waals surface area contributed by atoms with Gasteiger partial charge in [-0.3, -0.25) is 10.1 Å². The molecule has 9 heteroatoms. The van der Waals surface area contributed by atoms with Gasteiger partial charge >= 0.3 is 6.01 Å². The van der Waals surface area contributed by atoms with Gasteiger partial charge in [0.1, 0.15) is 5.82 Å². The molecule has 0 saturated heterocycles. The van der Waals surface area contributed by atoms with Crippen molar-refractivity contribution in [1.29, 1.82) is 0 Å². The van der Waals surface area contributed by atoms with Crippen molar-refractivity contribution in [2.45, 2.75) is 24.0 Å². The molecule has 3 rings (SSSR count). The number of benzene rings is 2. The Labute approximate surface area is 155 Å². The number of anilines is 1. The molecule has 1 heterocycles. The highest BCUT2D eigenvalue weighted by Crippen LogP contribution is 2.21. The second-order valence-electron chi connectivity index (χ2n) is 5.99. The van der Waals surface area contributed by atoms with E-state index in [9.17, 15) is 17.6 Å². The fourth-order valence-electron chi connectivity index (χ4n) is 2.22. The van der Waals surface area contributed by atoms with Crippen LogP contribution in [-0.4, -0.2) is 29.8 Å². The highest BCUT2D eigenvalue weighted by atomic mass is 32.2. The molecule has 0 atom stereocenters. The van der Waals surface area contributed by atoms with Gasteiger partial charge in [-0.25, -0.2) is 12.8 Å². The number of halogens is 1. The molecule has 0 spiro atoms. The van der Waals surface area contributed by atoms with Gasteiger partial charge in [-0.1, -0.05) is 5.10 Å². The number of aromatic nitrogens is 2. The maximum Gasteiger partial charge on any atom is 0.322 e. The van der Waals surface area contributed by atoms with E-state index in [4.69, 9.17) is 4.42 Å². The third-order valence-electron chi connectivity index (χ3n) is 3.80. The highest BCUT2D eigenvalue weighted by molar-refractivity contribution is 7.92. The third kappa shape index (κ3) is 4.03. The van der Waals surface area contributed by atoms with Crippen molar-refractivity contribution in [2.75, 3.05) is 5.32 Å². The maximum atomic E-state index is 13.0. The van der Waals surface area contributed by atoms with Crippen LogP contribution in [0.2, 0.25) is 0 Å². The van der Waals surface area contributed by atoms with Crippen LogP contribution in [0.3, 0.4) is 0 Å². The molecular formula is C18H16FN3O4S. The van der Waals surface area contributed by atoms with Gasteiger partial charge in [-0.05, 0) is 62.4 Å². The van der Waals surface area contributed by atoms with Crippen molar-refractivity contribution in [3.05, 3.63) is 59.9 Å². The van der Waals surface area contributed by atoms with Crippen molar-refractivity contribution >= 4 is 21.8 Å². The number of hydrogen-bond acceptors (Lipinski definition) is 6. The Morgan fingerprint density at radius 3 is 2.26 bits per heavy atom. The number of rotatable bonds is 5. The van der Waals surface area contributed by atoms with Gasteiger partial charge in [0.15, 0.2) is 9.84 Å². The summed E-state index contributed by atoms with van der Waals surface area (Å²) in [5, 5.41) is 9.40. The van der Waals surface area contributed by atoms with Gasteiger partial charge in [0.05, 0.1) is 10.1 Å². The lowest BCUT2D eigenvalue weighted by atomic mass is 10.2. The second kappa shape index (κ2) is 7.28. The Bertz CT molecular complexity index is 1060. The zero-order valence-electron chi connectivity index (χ0n) is 14.5. The summed E-state index contributed by atoms with van der Waals surface area (Å²) in [5.41, 5.74) is 0.742. The first-order valence-corrected chi connectivity index (χ1v) is 9.57. The molecule has 1 N–H and O–H groups in total. The summed E-state index contributed by atoms with van der Waals surface area (Å²) in [6, 6.07) is 10.9. The Kier molecular flexibility index (Phi) is 5.04. The molecule has 0 fully saturated rings. The summed E-state index contributed by atoms with van der Waals surface area (Å²) in [6.45, 7) is 3.18. The van der Waals surface area contributed by atoms with E-state index < -0.39 is 26.8 Å².